The predicted molar refractivity (Wildman–Crippen MR) is 74.1 cm³/mol. The van der Waals surface area contributed by atoms with Crippen LogP contribution in [0.25, 0.3) is 0 Å². The maximum atomic E-state index is 12.0. The van der Waals surface area contributed by atoms with E-state index in [1.807, 2.05) is 26.1 Å². The number of aryl methyl sites for hydroxylation is 1. The van der Waals surface area contributed by atoms with Crippen molar-refractivity contribution in [1.82, 2.24) is 10.3 Å². The van der Waals surface area contributed by atoms with E-state index in [1.165, 1.54) is 0 Å². The molecule has 1 aromatic rings. The molecule has 2 N–H and O–H groups in total. The number of carbonyl (C=O) groups is 1. The average Bonchev–Trinajstić information content (AvgIpc) is 2.84. The van der Waals surface area contributed by atoms with Crippen molar-refractivity contribution in [2.24, 2.45) is 0 Å². The summed E-state index contributed by atoms with van der Waals surface area (Å²) < 4.78 is 5.50. The van der Waals surface area contributed by atoms with Crippen LogP contribution in [0.4, 0.5) is 5.69 Å². The number of ether oxygens (including phenoxy) is 1. The van der Waals surface area contributed by atoms with Crippen molar-refractivity contribution in [3.63, 3.8) is 0 Å². The highest BCUT2D eigenvalue weighted by Gasteiger charge is 2.37. The highest BCUT2D eigenvalue weighted by atomic mass is 16.5. The number of anilines is 1. The molecule has 0 aliphatic carbocycles. The van der Waals surface area contributed by atoms with E-state index in [9.17, 15) is 4.79 Å². The molecule has 0 aromatic carbocycles. The predicted octanol–water partition coefficient (Wildman–Crippen LogP) is 1.49. The Morgan fingerprint density at radius 1 is 1.53 bits per heavy atom. The van der Waals surface area contributed by atoms with E-state index < -0.39 is 5.60 Å². The maximum absolute atomic E-state index is 12.0. The third-order valence-corrected chi connectivity index (χ3v) is 3.45. The van der Waals surface area contributed by atoms with E-state index in [0.717, 1.165) is 24.1 Å². The standard InChI is InChI=1S/C14H21N3O2/c1-11-10-15-6-4-12(11)16-7-8-17-13(18)14(2)5-3-9-19-14/h4,6,10H,3,5,7-9H2,1-2H3,(H,15,16)(H,17,18). The molecule has 104 valence electrons. The normalized spacial score (nSPS) is 22.2. The lowest BCUT2D eigenvalue weighted by molar-refractivity contribution is -0.139. The molecular weight excluding hydrogens is 242 g/mol. The van der Waals surface area contributed by atoms with Gasteiger partial charge in [0.05, 0.1) is 0 Å². The Bertz CT molecular complexity index is 442. The average molecular weight is 263 g/mol. The van der Waals surface area contributed by atoms with Gasteiger partial charge in [-0.2, -0.15) is 0 Å². The van der Waals surface area contributed by atoms with Crippen LogP contribution in [0.1, 0.15) is 25.3 Å². The number of amides is 1. The number of rotatable bonds is 5. The van der Waals surface area contributed by atoms with Crippen molar-refractivity contribution >= 4 is 11.6 Å². The van der Waals surface area contributed by atoms with E-state index in [-0.39, 0.29) is 5.91 Å². The van der Waals surface area contributed by atoms with Crippen LogP contribution >= 0.6 is 0 Å². The molecule has 2 heterocycles. The molecule has 0 bridgehead atoms. The summed E-state index contributed by atoms with van der Waals surface area (Å²) in [5, 5.41) is 6.19. The fraction of sp³-hybridized carbons (Fsp3) is 0.571. The number of pyridine rings is 1. The molecule has 1 aromatic heterocycles. The number of nitrogens with zero attached hydrogens (tertiary/aromatic N) is 1. The van der Waals surface area contributed by atoms with E-state index >= 15 is 0 Å². The molecule has 0 saturated carbocycles. The van der Waals surface area contributed by atoms with Gasteiger partial charge in [-0.1, -0.05) is 0 Å². The molecule has 1 amide bonds. The Balaban J connectivity index is 1.72. The van der Waals surface area contributed by atoms with Gasteiger partial charge in [0, 0.05) is 37.8 Å². The minimum absolute atomic E-state index is 0.0155. The largest absolute Gasteiger partial charge is 0.383 e. The summed E-state index contributed by atoms with van der Waals surface area (Å²) in [6, 6.07) is 1.93. The minimum Gasteiger partial charge on any atom is -0.383 e. The van der Waals surface area contributed by atoms with Gasteiger partial charge in [0.15, 0.2) is 0 Å². The summed E-state index contributed by atoms with van der Waals surface area (Å²) in [4.78, 5) is 16.0. The molecule has 1 unspecified atom stereocenters. The SMILES string of the molecule is Cc1cnccc1NCCNC(=O)C1(C)CCCO1. The van der Waals surface area contributed by atoms with Crippen molar-refractivity contribution < 1.29 is 9.53 Å². The van der Waals surface area contributed by atoms with Crippen LogP contribution in [0.5, 0.6) is 0 Å². The van der Waals surface area contributed by atoms with Crippen LogP contribution in [0.3, 0.4) is 0 Å². The molecule has 5 nitrogen and oxygen atoms in total. The number of hydrogen-bond donors (Lipinski definition) is 2. The lowest BCUT2D eigenvalue weighted by atomic mass is 10.0. The smallest absolute Gasteiger partial charge is 0.252 e. The number of aromatic nitrogens is 1. The molecule has 5 heteroatoms. The van der Waals surface area contributed by atoms with Gasteiger partial charge < -0.3 is 15.4 Å². The van der Waals surface area contributed by atoms with Crippen molar-refractivity contribution in [2.75, 3.05) is 25.0 Å². The van der Waals surface area contributed by atoms with Gasteiger partial charge in [-0.3, -0.25) is 9.78 Å². The first kappa shape index (κ1) is 13.8. The molecule has 1 fully saturated rings. The van der Waals surface area contributed by atoms with Gasteiger partial charge in [-0.25, -0.2) is 0 Å². The Hall–Kier alpha value is -1.62. The van der Waals surface area contributed by atoms with Crippen LogP contribution in [-0.4, -0.2) is 36.2 Å². The molecule has 1 aliphatic heterocycles. The zero-order chi connectivity index (χ0) is 13.7. The second-order valence-corrected chi connectivity index (χ2v) is 5.06. The van der Waals surface area contributed by atoms with Crippen LogP contribution in [0.15, 0.2) is 18.5 Å². The Morgan fingerprint density at radius 3 is 3.05 bits per heavy atom. The van der Waals surface area contributed by atoms with Crippen molar-refractivity contribution in [3.05, 3.63) is 24.0 Å². The highest BCUT2D eigenvalue weighted by molar-refractivity contribution is 5.85. The zero-order valence-corrected chi connectivity index (χ0v) is 11.5. The van der Waals surface area contributed by atoms with E-state index in [0.29, 0.717) is 19.7 Å². The van der Waals surface area contributed by atoms with Crippen LogP contribution < -0.4 is 10.6 Å². The molecule has 1 aliphatic rings. The molecule has 0 spiro atoms. The maximum Gasteiger partial charge on any atom is 0.252 e. The van der Waals surface area contributed by atoms with Crippen molar-refractivity contribution in [2.45, 2.75) is 32.3 Å². The van der Waals surface area contributed by atoms with Crippen molar-refractivity contribution in [3.8, 4) is 0 Å². The first-order chi connectivity index (χ1) is 9.12. The van der Waals surface area contributed by atoms with Gasteiger partial charge in [0.25, 0.3) is 5.91 Å². The summed E-state index contributed by atoms with van der Waals surface area (Å²) in [7, 11) is 0. The Labute approximate surface area is 113 Å². The Morgan fingerprint density at radius 2 is 2.37 bits per heavy atom. The van der Waals surface area contributed by atoms with Gasteiger partial charge in [0.1, 0.15) is 5.60 Å². The Kier molecular flexibility index (Phi) is 4.37. The monoisotopic (exact) mass is 263 g/mol. The highest BCUT2D eigenvalue weighted by Crippen LogP contribution is 2.24. The summed E-state index contributed by atoms with van der Waals surface area (Å²) in [6.45, 7) is 5.81. The van der Waals surface area contributed by atoms with Crippen LogP contribution in [0, 0.1) is 6.92 Å². The summed E-state index contributed by atoms with van der Waals surface area (Å²) >= 11 is 0. The third-order valence-electron chi connectivity index (χ3n) is 3.45. The van der Waals surface area contributed by atoms with Gasteiger partial charge in [-0.05, 0) is 38.3 Å². The first-order valence-corrected chi connectivity index (χ1v) is 6.68. The fourth-order valence-corrected chi connectivity index (χ4v) is 2.19. The van der Waals surface area contributed by atoms with E-state index in [1.54, 1.807) is 6.20 Å². The quantitative estimate of drug-likeness (QED) is 0.790. The first-order valence-electron chi connectivity index (χ1n) is 6.68. The van der Waals surface area contributed by atoms with Crippen LogP contribution in [-0.2, 0) is 9.53 Å². The second kappa shape index (κ2) is 6.02. The summed E-state index contributed by atoms with van der Waals surface area (Å²) in [5.41, 5.74) is 1.51. The molecule has 2 rings (SSSR count). The fourth-order valence-electron chi connectivity index (χ4n) is 2.19. The lowest BCUT2D eigenvalue weighted by Crippen LogP contribution is -2.45. The number of nitrogens with one attached hydrogen (secondary N) is 2. The van der Waals surface area contributed by atoms with E-state index in [4.69, 9.17) is 4.74 Å². The van der Waals surface area contributed by atoms with Gasteiger partial charge >= 0.3 is 0 Å². The summed E-state index contributed by atoms with van der Waals surface area (Å²) in [6.07, 6.45) is 5.32. The second-order valence-electron chi connectivity index (χ2n) is 5.06. The minimum atomic E-state index is -0.632. The molecule has 0 radical (unpaired) electrons. The molecule has 1 atom stereocenters. The molecule has 19 heavy (non-hydrogen) atoms. The molecule has 1 saturated heterocycles. The number of carbonyl (C=O) groups excluding carboxylic acids is 1. The number of hydrogen-bond acceptors (Lipinski definition) is 4. The third kappa shape index (κ3) is 3.44. The topological polar surface area (TPSA) is 63.2 Å². The lowest BCUT2D eigenvalue weighted by Gasteiger charge is -2.22. The van der Waals surface area contributed by atoms with Crippen LogP contribution in [0.2, 0.25) is 0 Å². The van der Waals surface area contributed by atoms with Gasteiger partial charge in [-0.15, -0.1) is 0 Å². The molecular formula is C14H21N3O2. The summed E-state index contributed by atoms with van der Waals surface area (Å²) in [5.74, 6) is -0.0155. The van der Waals surface area contributed by atoms with Gasteiger partial charge in [0.2, 0.25) is 0 Å². The zero-order valence-electron chi connectivity index (χ0n) is 11.5. The van der Waals surface area contributed by atoms with Crippen molar-refractivity contribution in [1.29, 1.82) is 0 Å². The van der Waals surface area contributed by atoms with E-state index in [2.05, 4.69) is 15.6 Å².